The Morgan fingerprint density at radius 3 is 2.59 bits per heavy atom. The second kappa shape index (κ2) is 6.02. The third-order valence-electron chi connectivity index (χ3n) is 3.00. The maximum Gasteiger partial charge on any atom is 0.234 e. The summed E-state index contributed by atoms with van der Waals surface area (Å²) in [6.07, 6.45) is 0.658. The SMILES string of the molecule is Cc1ccc(OCc2c(C=O)nnn2-c2nnc(C)s2)cc1. The molecular weight excluding hydrogens is 302 g/mol. The molecule has 0 atom stereocenters. The minimum atomic E-state index is 0.169. The first-order valence-electron chi connectivity index (χ1n) is 6.57. The van der Waals surface area contributed by atoms with E-state index in [0.717, 1.165) is 10.6 Å². The van der Waals surface area contributed by atoms with Crippen LogP contribution < -0.4 is 4.74 Å². The van der Waals surface area contributed by atoms with Crippen LogP contribution in [0.4, 0.5) is 0 Å². The Hall–Kier alpha value is -2.61. The van der Waals surface area contributed by atoms with Crippen molar-refractivity contribution in [2.24, 2.45) is 0 Å². The largest absolute Gasteiger partial charge is 0.487 e. The quantitative estimate of drug-likeness (QED) is 0.671. The van der Waals surface area contributed by atoms with Gasteiger partial charge in [-0.25, -0.2) is 0 Å². The van der Waals surface area contributed by atoms with Crippen LogP contribution in [0, 0.1) is 13.8 Å². The highest BCUT2D eigenvalue weighted by atomic mass is 32.1. The number of aromatic nitrogens is 5. The first-order valence-corrected chi connectivity index (χ1v) is 7.38. The first-order chi connectivity index (χ1) is 10.7. The van der Waals surface area contributed by atoms with Crippen molar-refractivity contribution in [3.8, 4) is 10.9 Å². The third kappa shape index (κ3) is 2.86. The first kappa shape index (κ1) is 14.3. The molecule has 0 bridgehead atoms. The summed E-state index contributed by atoms with van der Waals surface area (Å²) in [6, 6.07) is 7.66. The van der Waals surface area contributed by atoms with Crippen molar-refractivity contribution in [3.63, 3.8) is 0 Å². The molecule has 0 saturated heterocycles. The van der Waals surface area contributed by atoms with Gasteiger partial charge in [-0.1, -0.05) is 34.2 Å². The molecule has 2 aromatic heterocycles. The maximum absolute atomic E-state index is 11.1. The normalized spacial score (nSPS) is 10.6. The van der Waals surface area contributed by atoms with Gasteiger partial charge in [0.25, 0.3) is 0 Å². The highest BCUT2D eigenvalue weighted by molar-refractivity contribution is 7.13. The minimum absolute atomic E-state index is 0.169. The Kier molecular flexibility index (Phi) is 3.92. The standard InChI is InChI=1S/C14H13N5O2S/c1-9-3-5-11(6-4-9)21-8-13-12(7-20)16-18-19(13)14-17-15-10(2)22-14/h3-7H,8H2,1-2H3. The van der Waals surface area contributed by atoms with Crippen molar-refractivity contribution in [2.45, 2.75) is 20.5 Å². The molecule has 3 aromatic rings. The molecule has 0 amide bonds. The van der Waals surface area contributed by atoms with Crippen LogP contribution in [0.5, 0.6) is 5.75 Å². The molecule has 0 aliphatic rings. The van der Waals surface area contributed by atoms with E-state index in [1.807, 2.05) is 38.1 Å². The Labute approximate surface area is 130 Å². The van der Waals surface area contributed by atoms with Crippen LogP contribution in [0.3, 0.4) is 0 Å². The van der Waals surface area contributed by atoms with E-state index in [-0.39, 0.29) is 12.3 Å². The molecule has 1 aromatic carbocycles. The second-order valence-electron chi connectivity index (χ2n) is 4.66. The lowest BCUT2D eigenvalue weighted by atomic mass is 10.2. The number of benzene rings is 1. The summed E-state index contributed by atoms with van der Waals surface area (Å²) in [5, 5.41) is 17.1. The Balaban J connectivity index is 1.87. The lowest BCUT2D eigenvalue weighted by molar-refractivity contribution is 0.111. The zero-order valence-corrected chi connectivity index (χ0v) is 12.9. The number of hydrogen-bond acceptors (Lipinski definition) is 7. The van der Waals surface area contributed by atoms with Crippen LogP contribution >= 0.6 is 11.3 Å². The summed E-state index contributed by atoms with van der Waals surface area (Å²) in [7, 11) is 0. The summed E-state index contributed by atoms with van der Waals surface area (Å²) >= 11 is 1.37. The average molecular weight is 315 g/mol. The Morgan fingerprint density at radius 1 is 1.18 bits per heavy atom. The molecule has 0 N–H and O–H groups in total. The third-order valence-corrected chi connectivity index (χ3v) is 3.81. The topological polar surface area (TPSA) is 82.8 Å². The van der Waals surface area contributed by atoms with Gasteiger partial charge in [0.05, 0.1) is 0 Å². The number of nitrogens with zero attached hydrogens (tertiary/aromatic N) is 5. The molecule has 0 unspecified atom stereocenters. The molecule has 0 spiro atoms. The Morgan fingerprint density at radius 2 is 1.95 bits per heavy atom. The molecule has 0 aliphatic heterocycles. The smallest absolute Gasteiger partial charge is 0.234 e. The maximum atomic E-state index is 11.1. The van der Waals surface area contributed by atoms with E-state index >= 15 is 0 Å². The predicted octanol–water partition coefficient (Wildman–Crippen LogP) is 2.13. The van der Waals surface area contributed by atoms with Crippen LogP contribution in [0.1, 0.15) is 26.8 Å². The van der Waals surface area contributed by atoms with Gasteiger partial charge in [0.15, 0.2) is 12.0 Å². The van der Waals surface area contributed by atoms with Crippen molar-refractivity contribution >= 4 is 17.6 Å². The van der Waals surface area contributed by atoms with Gasteiger partial charge in [0.2, 0.25) is 5.13 Å². The number of hydrogen-bond donors (Lipinski definition) is 0. The summed E-state index contributed by atoms with van der Waals surface area (Å²) in [5.41, 5.74) is 1.93. The molecule has 7 nitrogen and oxygen atoms in total. The fourth-order valence-electron chi connectivity index (χ4n) is 1.85. The van der Waals surface area contributed by atoms with Crippen molar-refractivity contribution in [1.82, 2.24) is 25.2 Å². The van der Waals surface area contributed by atoms with Gasteiger partial charge in [0, 0.05) is 0 Å². The van der Waals surface area contributed by atoms with Crippen molar-refractivity contribution < 1.29 is 9.53 Å². The number of rotatable bonds is 5. The van der Waals surface area contributed by atoms with Crippen molar-refractivity contribution in [1.29, 1.82) is 0 Å². The molecule has 0 aliphatic carbocycles. The molecule has 0 radical (unpaired) electrons. The highest BCUT2D eigenvalue weighted by Gasteiger charge is 2.17. The number of aldehydes is 1. The zero-order valence-electron chi connectivity index (χ0n) is 12.1. The minimum Gasteiger partial charge on any atom is -0.487 e. The summed E-state index contributed by atoms with van der Waals surface area (Å²) in [4.78, 5) is 11.1. The van der Waals surface area contributed by atoms with Crippen molar-refractivity contribution in [2.75, 3.05) is 0 Å². The summed E-state index contributed by atoms with van der Waals surface area (Å²) in [5.74, 6) is 0.712. The zero-order chi connectivity index (χ0) is 15.5. The van der Waals surface area contributed by atoms with E-state index in [1.165, 1.54) is 16.0 Å². The molecule has 0 fully saturated rings. The van der Waals surface area contributed by atoms with Gasteiger partial charge < -0.3 is 4.74 Å². The van der Waals surface area contributed by atoms with E-state index in [0.29, 0.717) is 22.9 Å². The lowest BCUT2D eigenvalue weighted by Gasteiger charge is -2.07. The van der Waals surface area contributed by atoms with Crippen molar-refractivity contribution in [3.05, 3.63) is 46.2 Å². The monoisotopic (exact) mass is 315 g/mol. The fraction of sp³-hybridized carbons (Fsp3) is 0.214. The van der Waals surface area contributed by atoms with Gasteiger partial charge in [-0.05, 0) is 26.0 Å². The summed E-state index contributed by atoms with van der Waals surface area (Å²) in [6.45, 7) is 4.02. The Bertz CT molecular complexity index is 794. The van der Waals surface area contributed by atoms with Gasteiger partial charge >= 0.3 is 0 Å². The number of carbonyl (C=O) groups excluding carboxylic acids is 1. The average Bonchev–Trinajstić information content (AvgIpc) is 3.12. The summed E-state index contributed by atoms with van der Waals surface area (Å²) < 4.78 is 7.20. The molecular formula is C14H13N5O2S. The van der Waals surface area contributed by atoms with Crippen LogP contribution in [0.2, 0.25) is 0 Å². The molecule has 3 rings (SSSR count). The van der Waals surface area contributed by atoms with E-state index < -0.39 is 0 Å². The number of aryl methyl sites for hydroxylation is 2. The van der Waals surface area contributed by atoms with Crippen LogP contribution in [-0.2, 0) is 6.61 Å². The molecule has 8 heteroatoms. The van der Waals surface area contributed by atoms with Crippen LogP contribution in [0.25, 0.3) is 5.13 Å². The van der Waals surface area contributed by atoms with Crippen LogP contribution in [0.15, 0.2) is 24.3 Å². The number of carbonyl (C=O) groups is 1. The number of ether oxygens (including phenoxy) is 1. The van der Waals surface area contributed by atoms with Gasteiger partial charge in [-0.2, -0.15) is 4.68 Å². The second-order valence-corrected chi connectivity index (χ2v) is 5.82. The van der Waals surface area contributed by atoms with E-state index in [2.05, 4.69) is 20.5 Å². The molecule has 112 valence electrons. The van der Waals surface area contributed by atoms with Gasteiger partial charge in [-0.15, -0.1) is 15.3 Å². The van der Waals surface area contributed by atoms with E-state index in [9.17, 15) is 4.79 Å². The van der Waals surface area contributed by atoms with Gasteiger partial charge in [0.1, 0.15) is 23.1 Å². The van der Waals surface area contributed by atoms with Gasteiger partial charge in [-0.3, -0.25) is 4.79 Å². The molecule has 0 saturated carbocycles. The predicted molar refractivity (Wildman–Crippen MR) is 80.5 cm³/mol. The molecule has 2 heterocycles. The van der Waals surface area contributed by atoms with E-state index in [4.69, 9.17) is 4.74 Å². The van der Waals surface area contributed by atoms with Crippen LogP contribution in [-0.4, -0.2) is 31.5 Å². The fourth-order valence-corrected chi connectivity index (χ4v) is 2.51. The highest BCUT2D eigenvalue weighted by Crippen LogP contribution is 2.19. The lowest BCUT2D eigenvalue weighted by Crippen LogP contribution is -2.07. The van der Waals surface area contributed by atoms with E-state index in [1.54, 1.807) is 0 Å². The molecule has 22 heavy (non-hydrogen) atoms.